The molecule has 1 amide bonds. The zero-order chi connectivity index (χ0) is 16.9. The fourth-order valence-corrected chi connectivity index (χ4v) is 2.73. The van der Waals surface area contributed by atoms with Gasteiger partial charge in [0.25, 0.3) is 5.69 Å². The van der Waals surface area contributed by atoms with Gasteiger partial charge < -0.3 is 10.4 Å². The first-order valence-corrected chi connectivity index (χ1v) is 7.79. The van der Waals surface area contributed by atoms with E-state index in [1.165, 1.54) is 29.6 Å². The van der Waals surface area contributed by atoms with Gasteiger partial charge in [-0.25, -0.2) is 0 Å². The number of nitro benzene ring substituents is 1. The van der Waals surface area contributed by atoms with Gasteiger partial charge in [-0.3, -0.25) is 14.9 Å². The van der Waals surface area contributed by atoms with E-state index in [9.17, 15) is 20.0 Å². The zero-order valence-corrected chi connectivity index (χ0v) is 13.2. The number of thiophene rings is 1. The summed E-state index contributed by atoms with van der Waals surface area (Å²) in [5.74, 6) is -0.432. The summed E-state index contributed by atoms with van der Waals surface area (Å²) < 4.78 is 0. The Labute approximate surface area is 137 Å². The van der Waals surface area contributed by atoms with E-state index in [4.69, 9.17) is 0 Å². The third-order valence-corrected chi connectivity index (χ3v) is 3.98. The largest absolute Gasteiger partial charge is 0.384 e. The monoisotopic (exact) mass is 332 g/mol. The highest BCUT2D eigenvalue weighted by molar-refractivity contribution is 7.08. The second kappa shape index (κ2) is 7.17. The van der Waals surface area contributed by atoms with Crippen molar-refractivity contribution in [1.82, 2.24) is 5.32 Å². The molecule has 0 aliphatic rings. The lowest BCUT2D eigenvalue weighted by molar-refractivity contribution is -0.385. The number of benzene rings is 1. The van der Waals surface area contributed by atoms with Crippen LogP contribution in [0.4, 0.5) is 5.69 Å². The molecule has 6 nitrogen and oxygen atoms in total. The first-order valence-electron chi connectivity index (χ1n) is 6.84. The van der Waals surface area contributed by atoms with Gasteiger partial charge in [-0.2, -0.15) is 11.3 Å². The molecule has 1 aromatic carbocycles. The average Bonchev–Trinajstić information content (AvgIpc) is 3.06. The second-order valence-corrected chi connectivity index (χ2v) is 5.93. The van der Waals surface area contributed by atoms with Crippen LogP contribution in [-0.2, 0) is 10.4 Å². The van der Waals surface area contributed by atoms with Gasteiger partial charge >= 0.3 is 0 Å². The third kappa shape index (κ3) is 4.48. The van der Waals surface area contributed by atoms with Crippen LogP contribution >= 0.6 is 11.3 Å². The number of aliphatic hydroxyl groups is 1. The SMILES string of the molecule is CC(O)(CNC(=O)C=Cc1ccccc1[N+](=O)[O-])c1ccsc1. The van der Waals surface area contributed by atoms with Crippen LogP contribution in [0.3, 0.4) is 0 Å². The van der Waals surface area contributed by atoms with E-state index in [1.807, 2.05) is 10.8 Å². The average molecular weight is 332 g/mol. The van der Waals surface area contributed by atoms with Gasteiger partial charge in [0.1, 0.15) is 5.60 Å². The molecule has 1 unspecified atom stereocenters. The number of rotatable bonds is 6. The van der Waals surface area contributed by atoms with E-state index in [0.29, 0.717) is 5.56 Å². The standard InChI is InChI=1S/C16H16N2O4S/c1-16(20,13-8-9-23-10-13)11-17-15(19)7-6-12-4-2-3-5-14(12)18(21)22/h2-10,20H,11H2,1H3,(H,17,19). The van der Waals surface area contributed by atoms with Crippen LogP contribution in [0.25, 0.3) is 6.08 Å². The molecule has 0 saturated carbocycles. The number of carbonyl (C=O) groups excluding carboxylic acids is 1. The first kappa shape index (κ1) is 16.9. The Hall–Kier alpha value is -2.51. The molecule has 1 atom stereocenters. The fourth-order valence-electron chi connectivity index (χ4n) is 1.95. The third-order valence-electron chi connectivity index (χ3n) is 3.30. The van der Waals surface area contributed by atoms with Gasteiger partial charge in [0.05, 0.1) is 17.0 Å². The molecule has 2 aromatic rings. The number of carbonyl (C=O) groups is 1. The Morgan fingerprint density at radius 2 is 2.17 bits per heavy atom. The van der Waals surface area contributed by atoms with E-state index < -0.39 is 16.4 Å². The molecule has 0 spiro atoms. The Balaban J connectivity index is 1.99. The highest BCUT2D eigenvalue weighted by atomic mass is 32.1. The summed E-state index contributed by atoms with van der Waals surface area (Å²) in [6, 6.07) is 7.95. The van der Waals surface area contributed by atoms with Gasteiger partial charge in [0.15, 0.2) is 0 Å². The molecular weight excluding hydrogens is 316 g/mol. The van der Waals surface area contributed by atoms with Crippen LogP contribution in [-0.4, -0.2) is 22.5 Å². The lowest BCUT2D eigenvalue weighted by Gasteiger charge is -2.22. The molecular formula is C16H16N2O4S. The van der Waals surface area contributed by atoms with Gasteiger partial charge in [0.2, 0.25) is 5.91 Å². The quantitative estimate of drug-likeness (QED) is 0.483. The van der Waals surface area contributed by atoms with Crippen molar-refractivity contribution in [3.05, 3.63) is 68.4 Å². The fraction of sp³-hybridized carbons (Fsp3) is 0.188. The smallest absolute Gasteiger partial charge is 0.276 e. The van der Waals surface area contributed by atoms with E-state index in [-0.39, 0.29) is 12.2 Å². The molecule has 0 aliphatic carbocycles. The molecule has 0 bridgehead atoms. The van der Waals surface area contributed by atoms with Crippen molar-refractivity contribution < 1.29 is 14.8 Å². The lowest BCUT2D eigenvalue weighted by Crippen LogP contribution is -2.37. The van der Waals surface area contributed by atoms with E-state index in [1.54, 1.807) is 31.2 Å². The summed E-state index contributed by atoms with van der Waals surface area (Å²) in [6.07, 6.45) is 2.60. The van der Waals surface area contributed by atoms with Crippen LogP contribution in [0.15, 0.2) is 47.2 Å². The van der Waals surface area contributed by atoms with Crippen LogP contribution in [0.2, 0.25) is 0 Å². The number of amides is 1. The second-order valence-electron chi connectivity index (χ2n) is 5.15. The minimum Gasteiger partial charge on any atom is -0.384 e. The van der Waals surface area contributed by atoms with Gasteiger partial charge in [-0.05, 0) is 41.5 Å². The van der Waals surface area contributed by atoms with Crippen molar-refractivity contribution in [3.63, 3.8) is 0 Å². The predicted molar refractivity (Wildman–Crippen MR) is 89.0 cm³/mol. The topological polar surface area (TPSA) is 92.5 Å². The van der Waals surface area contributed by atoms with Crippen molar-refractivity contribution in [2.75, 3.05) is 6.54 Å². The van der Waals surface area contributed by atoms with E-state index in [0.717, 1.165) is 5.56 Å². The van der Waals surface area contributed by atoms with Crippen molar-refractivity contribution in [3.8, 4) is 0 Å². The minimum atomic E-state index is -1.16. The van der Waals surface area contributed by atoms with Crippen molar-refractivity contribution in [1.29, 1.82) is 0 Å². The lowest BCUT2D eigenvalue weighted by atomic mass is 9.99. The number of hydrogen-bond acceptors (Lipinski definition) is 5. The number of nitro groups is 1. The highest BCUT2D eigenvalue weighted by Gasteiger charge is 2.23. The van der Waals surface area contributed by atoms with Gasteiger partial charge in [0, 0.05) is 12.1 Å². The molecule has 120 valence electrons. The van der Waals surface area contributed by atoms with Gasteiger partial charge in [-0.1, -0.05) is 12.1 Å². The van der Waals surface area contributed by atoms with Crippen molar-refractivity contribution in [2.45, 2.75) is 12.5 Å². The maximum absolute atomic E-state index is 11.8. The summed E-state index contributed by atoms with van der Waals surface area (Å²) in [5, 5.41) is 27.4. The molecule has 1 aromatic heterocycles. The molecule has 0 fully saturated rings. The predicted octanol–water partition coefficient (Wildman–Crippen LogP) is 2.69. The number of hydrogen-bond donors (Lipinski definition) is 2. The summed E-state index contributed by atoms with van der Waals surface area (Å²) in [6.45, 7) is 1.66. The van der Waals surface area contributed by atoms with Crippen LogP contribution in [0.5, 0.6) is 0 Å². The molecule has 0 aliphatic heterocycles. The Bertz CT molecular complexity index is 723. The Morgan fingerprint density at radius 3 is 2.83 bits per heavy atom. The van der Waals surface area contributed by atoms with Crippen LogP contribution in [0, 0.1) is 10.1 Å². The molecule has 1 heterocycles. The number of nitrogens with one attached hydrogen (secondary N) is 1. The van der Waals surface area contributed by atoms with Crippen LogP contribution < -0.4 is 5.32 Å². The Morgan fingerprint density at radius 1 is 1.43 bits per heavy atom. The maximum atomic E-state index is 11.8. The van der Waals surface area contributed by atoms with E-state index in [2.05, 4.69) is 5.32 Å². The number of para-hydroxylation sites is 1. The zero-order valence-electron chi connectivity index (χ0n) is 12.4. The van der Waals surface area contributed by atoms with Crippen molar-refractivity contribution >= 4 is 29.0 Å². The molecule has 2 N–H and O–H groups in total. The molecule has 23 heavy (non-hydrogen) atoms. The summed E-state index contributed by atoms with van der Waals surface area (Å²) >= 11 is 1.46. The minimum absolute atomic E-state index is 0.0454. The van der Waals surface area contributed by atoms with Gasteiger partial charge in [-0.15, -0.1) is 0 Å². The van der Waals surface area contributed by atoms with Crippen molar-refractivity contribution in [2.24, 2.45) is 0 Å². The summed E-state index contributed by atoms with van der Waals surface area (Å²) in [7, 11) is 0. The maximum Gasteiger partial charge on any atom is 0.276 e. The highest BCUT2D eigenvalue weighted by Crippen LogP contribution is 2.22. The molecule has 0 saturated heterocycles. The molecule has 0 radical (unpaired) electrons. The summed E-state index contributed by atoms with van der Waals surface area (Å²) in [5.41, 5.74) is -0.160. The number of nitrogens with zero attached hydrogens (tertiary/aromatic N) is 1. The van der Waals surface area contributed by atoms with Crippen LogP contribution in [0.1, 0.15) is 18.1 Å². The molecule has 2 rings (SSSR count). The molecule has 7 heteroatoms. The summed E-state index contributed by atoms with van der Waals surface area (Å²) in [4.78, 5) is 22.2. The normalized spacial score (nSPS) is 13.7. The van der Waals surface area contributed by atoms with E-state index >= 15 is 0 Å². The Kier molecular flexibility index (Phi) is 5.25. The first-order chi connectivity index (χ1) is 10.9.